The van der Waals surface area contributed by atoms with Crippen LogP contribution in [0.2, 0.25) is 0 Å². The molecule has 0 aliphatic rings. The van der Waals surface area contributed by atoms with E-state index >= 15 is 0 Å². The lowest BCUT2D eigenvalue weighted by molar-refractivity contribution is 0.479. The van der Waals surface area contributed by atoms with Crippen LogP contribution in [0.25, 0.3) is 11.1 Å². The standard InChI is InChI=1S/C9H8BrNO2/c10-2-1-6-3-7(12)9-8(4-6)13-5-11-9/h3-5,12H,1-2H2. The second-order valence-electron chi connectivity index (χ2n) is 2.75. The molecule has 0 saturated carbocycles. The summed E-state index contributed by atoms with van der Waals surface area (Å²) in [5.74, 6) is 0.183. The Morgan fingerprint density at radius 1 is 1.46 bits per heavy atom. The number of benzene rings is 1. The van der Waals surface area contributed by atoms with Gasteiger partial charge in [-0.05, 0) is 24.1 Å². The molecule has 0 spiro atoms. The highest BCUT2D eigenvalue weighted by Gasteiger charge is 2.06. The van der Waals surface area contributed by atoms with Gasteiger partial charge in [-0.25, -0.2) is 4.98 Å². The first-order valence-electron chi connectivity index (χ1n) is 3.92. The topological polar surface area (TPSA) is 46.3 Å². The summed E-state index contributed by atoms with van der Waals surface area (Å²) in [6.07, 6.45) is 2.20. The average molecular weight is 242 g/mol. The lowest BCUT2D eigenvalue weighted by Gasteiger charge is -1.98. The van der Waals surface area contributed by atoms with Gasteiger partial charge in [-0.1, -0.05) is 15.9 Å². The number of hydrogen-bond donors (Lipinski definition) is 1. The van der Waals surface area contributed by atoms with Gasteiger partial charge >= 0.3 is 0 Å². The van der Waals surface area contributed by atoms with E-state index in [1.165, 1.54) is 6.39 Å². The van der Waals surface area contributed by atoms with Gasteiger partial charge in [0.15, 0.2) is 17.5 Å². The number of alkyl halides is 1. The Hall–Kier alpha value is -1.03. The molecule has 0 saturated heterocycles. The van der Waals surface area contributed by atoms with E-state index in [4.69, 9.17) is 4.42 Å². The lowest BCUT2D eigenvalue weighted by atomic mass is 10.1. The largest absolute Gasteiger partial charge is 0.506 e. The number of aryl methyl sites for hydroxylation is 1. The van der Waals surface area contributed by atoms with E-state index in [0.29, 0.717) is 11.1 Å². The van der Waals surface area contributed by atoms with Crippen molar-refractivity contribution in [2.24, 2.45) is 0 Å². The number of phenolic OH excluding ortho intramolecular Hbond substituents is 1. The number of oxazole rings is 1. The molecule has 0 aliphatic heterocycles. The molecule has 0 atom stereocenters. The normalized spacial score (nSPS) is 10.8. The highest BCUT2D eigenvalue weighted by atomic mass is 79.9. The molecule has 0 amide bonds. The fourth-order valence-electron chi connectivity index (χ4n) is 1.26. The van der Waals surface area contributed by atoms with Gasteiger partial charge in [0, 0.05) is 5.33 Å². The summed E-state index contributed by atoms with van der Waals surface area (Å²) in [5.41, 5.74) is 2.20. The van der Waals surface area contributed by atoms with E-state index in [1.54, 1.807) is 6.07 Å². The fraction of sp³-hybridized carbons (Fsp3) is 0.222. The summed E-state index contributed by atoms with van der Waals surface area (Å²) >= 11 is 3.34. The number of rotatable bonds is 2. The van der Waals surface area contributed by atoms with E-state index < -0.39 is 0 Å². The van der Waals surface area contributed by atoms with Crippen LogP contribution in [0.1, 0.15) is 5.56 Å². The molecule has 3 nitrogen and oxygen atoms in total. The second kappa shape index (κ2) is 3.38. The molecule has 0 aliphatic carbocycles. The number of phenols is 1. The van der Waals surface area contributed by atoms with E-state index in [0.717, 1.165) is 17.3 Å². The van der Waals surface area contributed by atoms with Crippen LogP contribution in [0, 0.1) is 0 Å². The summed E-state index contributed by atoms with van der Waals surface area (Å²) in [6, 6.07) is 3.61. The number of aromatic nitrogens is 1. The number of nitrogens with zero attached hydrogens (tertiary/aromatic N) is 1. The summed E-state index contributed by atoms with van der Waals surface area (Å²) in [6.45, 7) is 0. The van der Waals surface area contributed by atoms with Gasteiger partial charge in [-0.3, -0.25) is 0 Å². The highest BCUT2D eigenvalue weighted by molar-refractivity contribution is 9.09. The molecule has 1 N–H and O–H groups in total. The van der Waals surface area contributed by atoms with Crippen LogP contribution in [0.3, 0.4) is 0 Å². The number of fused-ring (bicyclic) bond motifs is 1. The predicted molar refractivity (Wildman–Crippen MR) is 53.2 cm³/mol. The van der Waals surface area contributed by atoms with Gasteiger partial charge in [0.1, 0.15) is 5.75 Å². The monoisotopic (exact) mass is 241 g/mol. The van der Waals surface area contributed by atoms with Crippen LogP contribution >= 0.6 is 15.9 Å². The van der Waals surface area contributed by atoms with E-state index in [1.807, 2.05) is 6.07 Å². The minimum absolute atomic E-state index is 0.183. The van der Waals surface area contributed by atoms with Crippen molar-refractivity contribution in [3.63, 3.8) is 0 Å². The Labute approximate surface area is 83.5 Å². The first-order valence-corrected chi connectivity index (χ1v) is 5.04. The molecule has 1 aromatic carbocycles. The molecule has 2 aromatic rings. The van der Waals surface area contributed by atoms with Crippen molar-refractivity contribution >= 4 is 27.0 Å². The second-order valence-corrected chi connectivity index (χ2v) is 3.55. The van der Waals surface area contributed by atoms with Crippen LogP contribution < -0.4 is 0 Å². The quantitative estimate of drug-likeness (QED) is 0.823. The summed E-state index contributed by atoms with van der Waals surface area (Å²) in [4.78, 5) is 3.89. The van der Waals surface area contributed by atoms with Crippen molar-refractivity contribution in [2.45, 2.75) is 6.42 Å². The molecule has 2 rings (SSSR count). The molecule has 1 heterocycles. The molecule has 1 aromatic heterocycles. The van der Waals surface area contributed by atoms with Gasteiger partial charge in [-0.2, -0.15) is 0 Å². The lowest BCUT2D eigenvalue weighted by Crippen LogP contribution is -1.85. The van der Waals surface area contributed by atoms with Gasteiger partial charge in [0.05, 0.1) is 0 Å². The van der Waals surface area contributed by atoms with Crippen molar-refractivity contribution < 1.29 is 9.52 Å². The molecule has 13 heavy (non-hydrogen) atoms. The Bertz CT molecular complexity index is 424. The maximum atomic E-state index is 9.53. The van der Waals surface area contributed by atoms with Crippen LogP contribution in [-0.4, -0.2) is 15.4 Å². The third-order valence-electron chi connectivity index (χ3n) is 1.86. The minimum Gasteiger partial charge on any atom is -0.506 e. The van der Waals surface area contributed by atoms with Crippen LogP contribution in [0.15, 0.2) is 22.9 Å². The van der Waals surface area contributed by atoms with Gasteiger partial charge in [-0.15, -0.1) is 0 Å². The van der Waals surface area contributed by atoms with Gasteiger partial charge in [0.2, 0.25) is 0 Å². The third-order valence-corrected chi connectivity index (χ3v) is 2.26. The Kier molecular flexibility index (Phi) is 2.22. The maximum absolute atomic E-state index is 9.53. The molecule has 0 unspecified atom stereocenters. The predicted octanol–water partition coefficient (Wildman–Crippen LogP) is 2.47. The molecule has 4 heteroatoms. The summed E-state index contributed by atoms with van der Waals surface area (Å²) in [5, 5.41) is 10.4. The number of hydrogen-bond acceptors (Lipinski definition) is 3. The van der Waals surface area contributed by atoms with Crippen molar-refractivity contribution in [2.75, 3.05) is 5.33 Å². The van der Waals surface area contributed by atoms with Crippen LogP contribution in [0.5, 0.6) is 5.75 Å². The molecule has 68 valence electrons. The summed E-state index contributed by atoms with van der Waals surface area (Å²) < 4.78 is 5.10. The first kappa shape index (κ1) is 8.56. The fourth-order valence-corrected chi connectivity index (χ4v) is 1.72. The number of aromatic hydroxyl groups is 1. The van der Waals surface area contributed by atoms with E-state index in [-0.39, 0.29) is 5.75 Å². The molecule has 0 radical (unpaired) electrons. The first-order chi connectivity index (χ1) is 6.31. The molecular formula is C9H8BrNO2. The van der Waals surface area contributed by atoms with Gasteiger partial charge < -0.3 is 9.52 Å². The minimum atomic E-state index is 0.183. The Balaban J connectivity index is 2.56. The van der Waals surface area contributed by atoms with Crippen molar-refractivity contribution in [1.29, 1.82) is 0 Å². The number of halogens is 1. The summed E-state index contributed by atoms with van der Waals surface area (Å²) in [7, 11) is 0. The van der Waals surface area contributed by atoms with Crippen molar-refractivity contribution in [3.8, 4) is 5.75 Å². The van der Waals surface area contributed by atoms with Crippen molar-refractivity contribution in [1.82, 2.24) is 4.98 Å². The molecule has 0 bridgehead atoms. The Morgan fingerprint density at radius 3 is 3.08 bits per heavy atom. The maximum Gasteiger partial charge on any atom is 0.182 e. The zero-order valence-corrected chi connectivity index (χ0v) is 8.41. The van der Waals surface area contributed by atoms with E-state index in [9.17, 15) is 5.11 Å². The zero-order chi connectivity index (χ0) is 9.26. The zero-order valence-electron chi connectivity index (χ0n) is 6.83. The SMILES string of the molecule is Oc1cc(CCBr)cc2ocnc12. The van der Waals surface area contributed by atoms with Gasteiger partial charge in [0.25, 0.3) is 0 Å². The molecular weight excluding hydrogens is 234 g/mol. The van der Waals surface area contributed by atoms with Crippen LogP contribution in [0.4, 0.5) is 0 Å². The smallest absolute Gasteiger partial charge is 0.182 e. The van der Waals surface area contributed by atoms with Crippen molar-refractivity contribution in [3.05, 3.63) is 24.1 Å². The van der Waals surface area contributed by atoms with Crippen LogP contribution in [-0.2, 0) is 6.42 Å². The molecule has 0 fully saturated rings. The average Bonchev–Trinajstić information content (AvgIpc) is 2.53. The highest BCUT2D eigenvalue weighted by Crippen LogP contribution is 2.25. The van der Waals surface area contributed by atoms with E-state index in [2.05, 4.69) is 20.9 Å². The third kappa shape index (κ3) is 1.54. The Morgan fingerprint density at radius 2 is 2.31 bits per heavy atom.